The second-order valence-corrected chi connectivity index (χ2v) is 10.7. The summed E-state index contributed by atoms with van der Waals surface area (Å²) >= 11 is 0. The summed E-state index contributed by atoms with van der Waals surface area (Å²) in [6.07, 6.45) is 2.62. The highest BCUT2D eigenvalue weighted by Crippen LogP contribution is 2.24. The van der Waals surface area contributed by atoms with Gasteiger partial charge in [0.15, 0.2) is 0 Å². The fraction of sp³-hybridized carbons (Fsp3) is 0.591. The molecule has 0 aromatic carbocycles. The van der Waals surface area contributed by atoms with Gasteiger partial charge in [-0.3, -0.25) is 9.59 Å². The monoisotopic (exact) mass is 485 g/mol. The number of sulfonamides is 1. The Labute approximate surface area is 194 Å². The Bertz CT molecular complexity index is 949. The number of nitrogens with one attached hydrogen (secondary N) is 1. The normalized spacial score (nSPS) is 16.3. The van der Waals surface area contributed by atoms with Gasteiger partial charge >= 0.3 is 5.97 Å². The van der Waals surface area contributed by atoms with Gasteiger partial charge < -0.3 is 14.8 Å². The fourth-order valence-corrected chi connectivity index (χ4v) is 4.71. The number of halogens is 1. The third-order valence-corrected chi connectivity index (χ3v) is 6.93. The summed E-state index contributed by atoms with van der Waals surface area (Å²) in [5.74, 6) is -0.579. The van der Waals surface area contributed by atoms with Crippen molar-refractivity contribution in [2.75, 3.05) is 26.7 Å². The molecule has 9 nitrogen and oxygen atoms in total. The molecule has 1 aromatic heterocycles. The highest BCUT2D eigenvalue weighted by Gasteiger charge is 2.32. The molecule has 1 saturated heterocycles. The van der Waals surface area contributed by atoms with E-state index in [-0.39, 0.29) is 60.7 Å². The van der Waals surface area contributed by atoms with Crippen LogP contribution in [0.3, 0.4) is 0 Å². The smallest absolute Gasteiger partial charge is 0.306 e. The molecule has 1 aromatic rings. The van der Waals surface area contributed by atoms with Crippen molar-refractivity contribution >= 4 is 21.9 Å². The summed E-state index contributed by atoms with van der Waals surface area (Å²) in [6, 6.07) is 2.77. The summed E-state index contributed by atoms with van der Waals surface area (Å²) in [5.41, 5.74) is -0.363. The van der Waals surface area contributed by atoms with Gasteiger partial charge in [0, 0.05) is 38.5 Å². The molecule has 0 unspecified atom stereocenters. The number of piperidine rings is 1. The number of hydrogen-bond acceptors (Lipinski definition) is 7. The number of rotatable bonds is 9. The Balaban J connectivity index is 1.89. The molecule has 33 heavy (non-hydrogen) atoms. The number of carbonyl (C=O) groups excluding carboxylic acids is 2. The predicted octanol–water partition coefficient (Wildman–Crippen LogP) is 2.58. The Morgan fingerprint density at radius 1 is 1.24 bits per heavy atom. The van der Waals surface area contributed by atoms with Crippen molar-refractivity contribution in [1.82, 2.24) is 14.6 Å². The molecule has 1 aliphatic rings. The standard InChI is InChI=1S/C22H32FN3O6S/c1-22(2,3)32-20(27)8-5-16(13-23)15-31-19-7-6-18(14-25-19)33(29,30)26-11-9-17(10-12-26)21(28)24-4/h6-7,13-14,17H,5,8-12,15H2,1-4H3,(H,24,28). The van der Waals surface area contributed by atoms with E-state index in [1.807, 2.05) is 0 Å². The largest absolute Gasteiger partial charge is 0.473 e. The van der Waals surface area contributed by atoms with E-state index < -0.39 is 21.6 Å². The quantitative estimate of drug-likeness (QED) is 0.535. The van der Waals surface area contributed by atoms with Gasteiger partial charge in [-0.2, -0.15) is 4.31 Å². The van der Waals surface area contributed by atoms with Gasteiger partial charge in [-0.1, -0.05) is 0 Å². The maximum absolute atomic E-state index is 13.2. The molecule has 1 N–H and O–H groups in total. The first-order valence-corrected chi connectivity index (χ1v) is 12.2. The third-order valence-electron chi connectivity index (χ3n) is 5.05. The van der Waals surface area contributed by atoms with Crippen LogP contribution in [0.2, 0.25) is 0 Å². The van der Waals surface area contributed by atoms with Crippen LogP contribution >= 0.6 is 0 Å². The molecular formula is C22H32FN3O6S. The van der Waals surface area contributed by atoms with Crippen molar-refractivity contribution in [3.05, 3.63) is 30.2 Å². The van der Waals surface area contributed by atoms with E-state index >= 15 is 0 Å². The molecule has 184 valence electrons. The van der Waals surface area contributed by atoms with Crippen LogP contribution in [0.4, 0.5) is 4.39 Å². The van der Waals surface area contributed by atoms with E-state index in [0.29, 0.717) is 19.2 Å². The van der Waals surface area contributed by atoms with Gasteiger partial charge in [-0.05, 0) is 51.7 Å². The van der Waals surface area contributed by atoms with E-state index in [1.54, 1.807) is 27.8 Å². The Morgan fingerprint density at radius 3 is 2.42 bits per heavy atom. The van der Waals surface area contributed by atoms with E-state index in [1.165, 1.54) is 22.6 Å². The second kappa shape index (κ2) is 11.6. The highest BCUT2D eigenvalue weighted by molar-refractivity contribution is 7.89. The number of aromatic nitrogens is 1. The third kappa shape index (κ3) is 8.08. The minimum atomic E-state index is -3.74. The Hall–Kier alpha value is -2.53. The van der Waals surface area contributed by atoms with E-state index in [9.17, 15) is 22.4 Å². The van der Waals surface area contributed by atoms with Crippen LogP contribution in [0.25, 0.3) is 0 Å². The molecule has 0 spiro atoms. The Morgan fingerprint density at radius 2 is 1.91 bits per heavy atom. The van der Waals surface area contributed by atoms with Crippen LogP contribution < -0.4 is 10.1 Å². The van der Waals surface area contributed by atoms with Crippen molar-refractivity contribution in [1.29, 1.82) is 0 Å². The summed E-state index contributed by atoms with van der Waals surface area (Å²) < 4.78 is 50.8. The molecule has 0 atom stereocenters. The first-order valence-electron chi connectivity index (χ1n) is 10.8. The molecule has 1 amide bonds. The fourth-order valence-electron chi connectivity index (χ4n) is 3.30. The van der Waals surface area contributed by atoms with Crippen molar-refractivity contribution in [2.45, 2.75) is 57.0 Å². The molecule has 0 radical (unpaired) electrons. The lowest BCUT2D eigenvalue weighted by molar-refractivity contribution is -0.154. The van der Waals surface area contributed by atoms with E-state index in [4.69, 9.17) is 9.47 Å². The average Bonchev–Trinajstić information content (AvgIpc) is 2.78. The summed E-state index contributed by atoms with van der Waals surface area (Å²) in [4.78, 5) is 27.5. The zero-order valence-corrected chi connectivity index (χ0v) is 20.3. The molecule has 1 fully saturated rings. The molecule has 0 saturated carbocycles. The number of amides is 1. The van der Waals surface area contributed by atoms with Gasteiger partial charge in [0.25, 0.3) is 0 Å². The minimum absolute atomic E-state index is 0.0115. The first kappa shape index (κ1) is 26.7. The van der Waals surface area contributed by atoms with Gasteiger partial charge in [0.1, 0.15) is 17.1 Å². The predicted molar refractivity (Wildman–Crippen MR) is 120 cm³/mol. The Kier molecular flexibility index (Phi) is 9.35. The molecule has 1 aliphatic heterocycles. The summed E-state index contributed by atoms with van der Waals surface area (Å²) in [5, 5.41) is 2.59. The topological polar surface area (TPSA) is 115 Å². The lowest BCUT2D eigenvalue weighted by Crippen LogP contribution is -2.42. The maximum atomic E-state index is 13.2. The van der Waals surface area contributed by atoms with Crippen LogP contribution in [0.5, 0.6) is 5.88 Å². The lowest BCUT2D eigenvalue weighted by atomic mass is 9.97. The molecule has 2 heterocycles. The zero-order chi connectivity index (χ0) is 24.6. The second-order valence-electron chi connectivity index (χ2n) is 8.77. The van der Waals surface area contributed by atoms with Gasteiger partial charge in [0.2, 0.25) is 21.8 Å². The van der Waals surface area contributed by atoms with Crippen LogP contribution in [-0.4, -0.2) is 61.9 Å². The number of hydrogen-bond donors (Lipinski definition) is 1. The SMILES string of the molecule is CNC(=O)C1CCN(S(=O)(=O)c2ccc(OCC(=CF)CCC(=O)OC(C)(C)C)nc2)CC1. The van der Waals surface area contributed by atoms with Crippen LogP contribution in [0.15, 0.2) is 35.1 Å². The zero-order valence-electron chi connectivity index (χ0n) is 19.5. The van der Waals surface area contributed by atoms with Gasteiger partial charge in [0.05, 0.1) is 12.5 Å². The van der Waals surface area contributed by atoms with Crippen molar-refractivity contribution in [2.24, 2.45) is 5.92 Å². The number of ether oxygens (including phenoxy) is 2. The molecule has 0 aliphatic carbocycles. The number of esters is 1. The van der Waals surface area contributed by atoms with Gasteiger partial charge in [-0.25, -0.2) is 17.8 Å². The molecule has 2 rings (SSSR count). The number of pyridine rings is 1. The summed E-state index contributed by atoms with van der Waals surface area (Å²) in [7, 11) is -2.18. The van der Waals surface area contributed by atoms with Crippen LogP contribution in [0.1, 0.15) is 46.5 Å². The minimum Gasteiger partial charge on any atom is -0.473 e. The van der Waals surface area contributed by atoms with Crippen LogP contribution in [0, 0.1) is 5.92 Å². The molecule has 0 bridgehead atoms. The summed E-state index contributed by atoms with van der Waals surface area (Å²) in [6.45, 7) is 5.63. The van der Waals surface area contributed by atoms with Crippen LogP contribution in [-0.2, 0) is 24.3 Å². The van der Waals surface area contributed by atoms with Crippen molar-refractivity contribution in [3.8, 4) is 5.88 Å². The van der Waals surface area contributed by atoms with Crippen molar-refractivity contribution in [3.63, 3.8) is 0 Å². The lowest BCUT2D eigenvalue weighted by Gasteiger charge is -2.30. The van der Waals surface area contributed by atoms with E-state index in [2.05, 4.69) is 10.3 Å². The van der Waals surface area contributed by atoms with Gasteiger partial charge in [-0.15, -0.1) is 0 Å². The number of carbonyl (C=O) groups is 2. The first-order chi connectivity index (χ1) is 15.5. The molecular weight excluding hydrogens is 453 g/mol. The average molecular weight is 486 g/mol. The van der Waals surface area contributed by atoms with Crippen molar-refractivity contribution < 1.29 is 31.9 Å². The number of nitrogens with zero attached hydrogens (tertiary/aromatic N) is 2. The maximum Gasteiger partial charge on any atom is 0.306 e. The van der Waals surface area contributed by atoms with E-state index in [0.717, 1.165) is 0 Å². The highest BCUT2D eigenvalue weighted by atomic mass is 32.2. The molecule has 11 heteroatoms.